The van der Waals surface area contributed by atoms with Crippen molar-refractivity contribution >= 4 is 11.6 Å². The van der Waals surface area contributed by atoms with E-state index in [2.05, 4.69) is 0 Å². The summed E-state index contributed by atoms with van der Waals surface area (Å²) < 4.78 is 5.82. The Morgan fingerprint density at radius 3 is 2.28 bits per heavy atom. The van der Waals surface area contributed by atoms with Crippen molar-refractivity contribution in [3.63, 3.8) is 0 Å². The van der Waals surface area contributed by atoms with Crippen LogP contribution in [-0.4, -0.2) is 0 Å². The second-order valence-corrected chi connectivity index (χ2v) is 6.97. The van der Waals surface area contributed by atoms with E-state index in [1.807, 2.05) is 6.07 Å². The first-order valence-electron chi connectivity index (χ1n) is 7.22. The largest absolute Gasteiger partial charge is 0.449 e. The molecule has 0 aromatic carbocycles. The van der Waals surface area contributed by atoms with E-state index in [0.29, 0.717) is 17.7 Å². The molecule has 0 saturated heterocycles. The summed E-state index contributed by atoms with van der Waals surface area (Å²) in [6.07, 6.45) is 7.10. The predicted molar refractivity (Wildman–Crippen MR) is 71.4 cm³/mol. The lowest BCUT2D eigenvalue weighted by atomic mass is 9.51. The fourth-order valence-electron chi connectivity index (χ4n) is 5.20. The number of rotatable bonds is 2. The smallest absolute Gasteiger partial charge is 0.193 e. The maximum absolute atomic E-state index is 6.04. The van der Waals surface area contributed by atoms with Gasteiger partial charge in [0.05, 0.1) is 0 Å². The number of hydrogen-bond acceptors (Lipinski definition) is 2. The molecule has 1 aromatic rings. The average Bonchev–Trinajstić information content (AvgIpc) is 2.69. The van der Waals surface area contributed by atoms with Crippen LogP contribution >= 0.6 is 11.6 Å². The van der Waals surface area contributed by atoms with Crippen molar-refractivity contribution in [3.8, 4) is 0 Å². The minimum absolute atomic E-state index is 0.513. The van der Waals surface area contributed by atoms with Gasteiger partial charge in [0.15, 0.2) is 5.22 Å². The van der Waals surface area contributed by atoms with Crippen LogP contribution in [0.1, 0.15) is 49.3 Å². The zero-order valence-electron chi connectivity index (χ0n) is 10.6. The van der Waals surface area contributed by atoms with Crippen molar-refractivity contribution in [1.82, 2.24) is 0 Å². The molecule has 0 aliphatic heterocycles. The summed E-state index contributed by atoms with van der Waals surface area (Å²) in [5.74, 6) is 5.37. The molecule has 3 heteroatoms. The van der Waals surface area contributed by atoms with Crippen LogP contribution in [0.5, 0.6) is 0 Å². The van der Waals surface area contributed by atoms with E-state index >= 15 is 0 Å². The van der Waals surface area contributed by atoms with E-state index in [1.54, 1.807) is 0 Å². The van der Waals surface area contributed by atoms with Gasteiger partial charge in [0, 0.05) is 24.1 Å². The van der Waals surface area contributed by atoms with E-state index in [0.717, 1.165) is 35.0 Å². The number of halogens is 1. The van der Waals surface area contributed by atoms with Gasteiger partial charge in [-0.15, -0.1) is 0 Å². The van der Waals surface area contributed by atoms with Gasteiger partial charge in [-0.3, -0.25) is 0 Å². The second kappa shape index (κ2) is 4.01. The summed E-state index contributed by atoms with van der Waals surface area (Å²) in [7, 11) is 0. The molecule has 0 atom stereocenters. The molecule has 98 valence electrons. The fourth-order valence-corrected chi connectivity index (χ4v) is 5.42. The maximum atomic E-state index is 6.04. The van der Waals surface area contributed by atoms with Gasteiger partial charge in [-0.2, -0.15) is 0 Å². The van der Waals surface area contributed by atoms with Crippen molar-refractivity contribution in [1.29, 1.82) is 0 Å². The van der Waals surface area contributed by atoms with E-state index in [4.69, 9.17) is 21.8 Å². The van der Waals surface area contributed by atoms with Gasteiger partial charge in [-0.05, 0) is 67.4 Å². The first kappa shape index (κ1) is 11.4. The Balaban J connectivity index is 1.72. The van der Waals surface area contributed by atoms with Crippen LogP contribution in [0.25, 0.3) is 0 Å². The van der Waals surface area contributed by atoms with Gasteiger partial charge in [-0.25, -0.2) is 0 Å². The molecule has 1 aromatic heterocycles. The normalized spacial score (nSPS) is 41.6. The van der Waals surface area contributed by atoms with Crippen LogP contribution in [0.3, 0.4) is 0 Å². The molecule has 2 nitrogen and oxygen atoms in total. The van der Waals surface area contributed by atoms with Crippen molar-refractivity contribution in [2.75, 3.05) is 0 Å². The molecule has 5 rings (SSSR count). The highest BCUT2D eigenvalue weighted by Crippen LogP contribution is 2.60. The quantitative estimate of drug-likeness (QED) is 0.880. The highest BCUT2D eigenvalue weighted by Gasteiger charge is 2.50. The lowest BCUT2D eigenvalue weighted by Crippen LogP contribution is -2.43. The molecule has 0 amide bonds. The Morgan fingerprint density at radius 2 is 1.72 bits per heavy atom. The highest BCUT2D eigenvalue weighted by molar-refractivity contribution is 6.28. The lowest BCUT2D eigenvalue weighted by Gasteiger charge is -2.54. The Bertz CT molecular complexity index is 439. The first-order valence-corrected chi connectivity index (χ1v) is 7.60. The molecule has 1 heterocycles. The molecule has 4 bridgehead atoms. The summed E-state index contributed by atoms with van der Waals surface area (Å²) in [6, 6.07) is 1.92. The fraction of sp³-hybridized carbons (Fsp3) is 0.733. The van der Waals surface area contributed by atoms with Gasteiger partial charge in [0.25, 0.3) is 0 Å². The molecule has 2 N–H and O–H groups in total. The van der Waals surface area contributed by atoms with Crippen LogP contribution in [0.2, 0.25) is 5.22 Å². The first-order chi connectivity index (χ1) is 8.74. The number of furan rings is 1. The molecule has 4 aliphatic carbocycles. The van der Waals surface area contributed by atoms with E-state index < -0.39 is 0 Å². The summed E-state index contributed by atoms with van der Waals surface area (Å²) in [5.41, 5.74) is 6.97. The maximum Gasteiger partial charge on any atom is 0.193 e. The number of hydrogen-bond donors (Lipinski definition) is 1. The lowest BCUT2D eigenvalue weighted by molar-refractivity contribution is -0.00994. The van der Waals surface area contributed by atoms with Crippen LogP contribution in [0.4, 0.5) is 0 Å². The van der Waals surface area contributed by atoms with Crippen LogP contribution in [0.15, 0.2) is 10.5 Å². The van der Waals surface area contributed by atoms with Crippen molar-refractivity contribution in [2.24, 2.45) is 29.4 Å². The van der Waals surface area contributed by atoms with Crippen molar-refractivity contribution < 1.29 is 4.42 Å². The molecule has 0 spiro atoms. The van der Waals surface area contributed by atoms with Crippen molar-refractivity contribution in [2.45, 2.75) is 44.6 Å². The van der Waals surface area contributed by atoms with Gasteiger partial charge in [0.2, 0.25) is 0 Å². The van der Waals surface area contributed by atoms with Crippen molar-refractivity contribution in [3.05, 3.63) is 22.6 Å². The Hall–Kier alpha value is -0.470. The molecule has 4 saturated carbocycles. The molecular weight excluding hydrogens is 246 g/mol. The predicted octanol–water partition coefficient (Wildman–Crippen LogP) is 3.93. The molecule has 0 unspecified atom stereocenters. The summed E-state index contributed by atoms with van der Waals surface area (Å²) in [5, 5.41) is 0.513. The van der Waals surface area contributed by atoms with Gasteiger partial charge in [-0.1, -0.05) is 0 Å². The monoisotopic (exact) mass is 265 g/mol. The number of nitrogens with two attached hydrogens (primary N) is 1. The zero-order valence-corrected chi connectivity index (χ0v) is 11.3. The van der Waals surface area contributed by atoms with Crippen LogP contribution < -0.4 is 5.73 Å². The summed E-state index contributed by atoms with van der Waals surface area (Å²) in [6.45, 7) is 0.550. The highest BCUT2D eigenvalue weighted by atomic mass is 35.5. The molecule has 4 aliphatic rings. The molecule has 18 heavy (non-hydrogen) atoms. The SMILES string of the molecule is NCc1cc(Cl)oc1C1C2CC3CC(C2)CC1C3. The minimum Gasteiger partial charge on any atom is -0.449 e. The topological polar surface area (TPSA) is 39.2 Å². The minimum atomic E-state index is 0.513. The van der Waals surface area contributed by atoms with Crippen LogP contribution in [-0.2, 0) is 6.54 Å². The third-order valence-corrected chi connectivity index (χ3v) is 5.75. The summed E-state index contributed by atoms with van der Waals surface area (Å²) in [4.78, 5) is 0. The van der Waals surface area contributed by atoms with Gasteiger partial charge >= 0.3 is 0 Å². The Kier molecular flexibility index (Phi) is 2.53. The third kappa shape index (κ3) is 1.58. The molecular formula is C15H20ClNO. The van der Waals surface area contributed by atoms with Gasteiger partial charge in [0.1, 0.15) is 5.76 Å². The van der Waals surface area contributed by atoms with E-state index in [-0.39, 0.29) is 0 Å². The average molecular weight is 266 g/mol. The Morgan fingerprint density at radius 1 is 1.11 bits per heavy atom. The van der Waals surface area contributed by atoms with E-state index in [1.165, 1.54) is 32.1 Å². The Labute approximate surface area is 113 Å². The third-order valence-electron chi connectivity index (χ3n) is 5.56. The molecule has 4 fully saturated rings. The summed E-state index contributed by atoms with van der Waals surface area (Å²) >= 11 is 6.04. The zero-order chi connectivity index (χ0) is 12.3. The van der Waals surface area contributed by atoms with Crippen LogP contribution in [0, 0.1) is 23.7 Å². The second-order valence-electron chi connectivity index (χ2n) is 6.60. The van der Waals surface area contributed by atoms with Gasteiger partial charge < -0.3 is 10.2 Å². The molecule has 0 radical (unpaired) electrons. The standard InChI is InChI=1S/C15H20ClNO/c16-13-6-12(7-17)15(18-13)14-10-2-8-1-9(4-10)5-11(14)3-8/h6,8-11,14H,1-5,7,17H2. The van der Waals surface area contributed by atoms with E-state index in [9.17, 15) is 0 Å².